The lowest BCUT2D eigenvalue weighted by atomic mass is 9.64. The van der Waals surface area contributed by atoms with E-state index >= 15 is 0 Å². The van der Waals surface area contributed by atoms with Gasteiger partial charge in [-0.2, -0.15) is 0 Å². The van der Waals surface area contributed by atoms with Gasteiger partial charge < -0.3 is 9.47 Å². The summed E-state index contributed by atoms with van der Waals surface area (Å²) in [6.07, 6.45) is 19.4. The lowest BCUT2D eigenvalue weighted by Gasteiger charge is -2.39. The molecule has 1 atom stereocenters. The van der Waals surface area contributed by atoms with Gasteiger partial charge in [0.2, 0.25) is 0 Å². The first-order valence-electron chi connectivity index (χ1n) is 25.0. The Morgan fingerprint density at radius 2 is 1.19 bits per heavy atom. The van der Waals surface area contributed by atoms with Crippen molar-refractivity contribution >= 4 is 33.2 Å². The maximum absolute atomic E-state index is 2.61. The van der Waals surface area contributed by atoms with Gasteiger partial charge in [-0.1, -0.05) is 176 Å². The molecule has 0 aliphatic heterocycles. The topological polar surface area (TPSA) is 8.17 Å². The number of benzene rings is 8. The highest BCUT2D eigenvalue weighted by atomic mass is 15.2. The second-order valence-corrected chi connectivity index (χ2v) is 19.3. The van der Waals surface area contributed by atoms with Gasteiger partial charge in [0.05, 0.1) is 22.1 Å². The van der Waals surface area contributed by atoms with Crippen LogP contribution in [-0.4, -0.2) is 4.57 Å². The lowest BCUT2D eigenvalue weighted by molar-refractivity contribution is 0.609. The molecule has 0 spiro atoms. The molecule has 2 nitrogen and oxygen atoms in total. The van der Waals surface area contributed by atoms with Crippen LogP contribution < -0.4 is 4.90 Å². The largest absolute Gasteiger partial charge is 0.314 e. The molecule has 8 aromatic carbocycles. The molecule has 2 heteroatoms. The molecule has 0 bridgehead atoms. The number of allylic oxidation sites excluding steroid dienone is 10. The third-order valence-corrected chi connectivity index (χ3v) is 15.5. The van der Waals surface area contributed by atoms with E-state index in [1.807, 2.05) is 0 Å². The molecule has 0 N–H and O–H groups in total. The first kappa shape index (κ1) is 41.3. The normalized spacial score (nSPS) is 17.3. The summed E-state index contributed by atoms with van der Waals surface area (Å²) in [6.45, 7) is 0. The first-order chi connectivity index (χ1) is 34.2. The number of fused-ring (bicyclic) bond motifs is 4. The van der Waals surface area contributed by atoms with Crippen molar-refractivity contribution in [3.8, 4) is 27.9 Å². The number of hydrogen-bond donors (Lipinski definition) is 0. The van der Waals surface area contributed by atoms with E-state index in [9.17, 15) is 0 Å². The molecular formula is C67H54N2. The summed E-state index contributed by atoms with van der Waals surface area (Å²) in [5.74, 6) is 0.394. The van der Waals surface area contributed by atoms with E-state index in [2.05, 4.69) is 246 Å². The van der Waals surface area contributed by atoms with Crippen LogP contribution in [0.15, 0.2) is 265 Å². The highest BCUT2D eigenvalue weighted by molar-refractivity contribution is 6.10. The van der Waals surface area contributed by atoms with Gasteiger partial charge in [0.25, 0.3) is 0 Å². The fourth-order valence-corrected chi connectivity index (χ4v) is 12.5. The van der Waals surface area contributed by atoms with Crippen molar-refractivity contribution in [2.45, 2.75) is 56.3 Å². The number of aromatic nitrogens is 1. The molecule has 69 heavy (non-hydrogen) atoms. The molecule has 0 amide bonds. The Labute approximate surface area is 406 Å². The minimum atomic E-state index is -0.322. The smallest absolute Gasteiger partial charge is 0.0670 e. The molecule has 4 aliphatic carbocycles. The molecule has 1 unspecified atom stereocenters. The Kier molecular flexibility index (Phi) is 10.3. The monoisotopic (exact) mass is 886 g/mol. The van der Waals surface area contributed by atoms with Crippen molar-refractivity contribution < 1.29 is 0 Å². The van der Waals surface area contributed by atoms with Gasteiger partial charge in [0, 0.05) is 39.3 Å². The van der Waals surface area contributed by atoms with Gasteiger partial charge in [-0.25, -0.2) is 0 Å². The standard InChI is InChI=1S/C67H54N2/c1-5-21-47(22-6-1)49-24-20-32-55(44-49)69-65-38-18-15-35-60(65)61-45-50(39-42-66(61)69)48-23-19-25-51(43-48)57-33-14-17-37-64(57)68(54-30-11-4-12-31-54)56-40-41-59-58-34-13-16-36-62(58)67(63(59)46-56,52-26-7-2-8-27-52)53-28-9-3-10-29-53/h1-12,14-15,17-21,23-33,35,37-39,42-47H,13,16,22,34,36,40-41H2. The molecular weight excluding hydrogens is 833 g/mol. The maximum atomic E-state index is 2.61. The summed E-state index contributed by atoms with van der Waals surface area (Å²) >= 11 is 0. The van der Waals surface area contributed by atoms with Crippen LogP contribution in [0.25, 0.3) is 49.7 Å². The Bertz CT molecular complexity index is 3540. The Hall–Kier alpha value is -7.94. The summed E-state index contributed by atoms with van der Waals surface area (Å²) < 4.78 is 2.45. The Morgan fingerprint density at radius 1 is 0.493 bits per heavy atom. The number of hydrogen-bond acceptors (Lipinski definition) is 1. The molecule has 1 heterocycles. The SMILES string of the molecule is C1=CCC(c2cccc(-n3c4ccccc4c4cc(-c5cccc(-c6ccccc6N(C6=CC7=C(CC6)C6=C(CCCC6)C7(c6ccccc6)c6ccccc6)c6ccccc6)c5)ccc43)c2)C=C1. The third kappa shape index (κ3) is 6.92. The summed E-state index contributed by atoms with van der Waals surface area (Å²) in [4.78, 5) is 2.57. The molecule has 0 saturated heterocycles. The quantitative estimate of drug-likeness (QED) is 0.140. The summed E-state index contributed by atoms with van der Waals surface area (Å²) in [5, 5.41) is 2.53. The van der Waals surface area contributed by atoms with Crippen molar-refractivity contribution in [1.82, 2.24) is 4.57 Å². The van der Waals surface area contributed by atoms with Gasteiger partial charge >= 0.3 is 0 Å². The van der Waals surface area contributed by atoms with Crippen LogP contribution in [0.1, 0.15) is 67.6 Å². The van der Waals surface area contributed by atoms with Crippen LogP contribution in [0.2, 0.25) is 0 Å². The average Bonchev–Trinajstić information content (AvgIpc) is 3.92. The van der Waals surface area contributed by atoms with E-state index < -0.39 is 0 Å². The van der Waals surface area contributed by atoms with Crippen molar-refractivity contribution in [3.05, 3.63) is 281 Å². The third-order valence-electron chi connectivity index (χ3n) is 15.5. The van der Waals surface area contributed by atoms with Crippen LogP contribution in [-0.2, 0) is 5.41 Å². The van der Waals surface area contributed by atoms with Gasteiger partial charge in [0.1, 0.15) is 0 Å². The maximum Gasteiger partial charge on any atom is 0.0670 e. The van der Waals surface area contributed by atoms with Crippen molar-refractivity contribution in [2.24, 2.45) is 0 Å². The molecule has 1 aromatic heterocycles. The Morgan fingerprint density at radius 3 is 2.00 bits per heavy atom. The van der Waals surface area contributed by atoms with E-state index in [1.54, 1.807) is 16.7 Å². The molecule has 0 fully saturated rings. The zero-order chi connectivity index (χ0) is 45.7. The molecule has 0 saturated carbocycles. The van der Waals surface area contributed by atoms with Crippen LogP contribution in [0.5, 0.6) is 0 Å². The predicted molar refractivity (Wildman–Crippen MR) is 289 cm³/mol. The van der Waals surface area contributed by atoms with E-state index in [-0.39, 0.29) is 5.41 Å². The second-order valence-electron chi connectivity index (χ2n) is 19.3. The molecule has 9 aromatic rings. The van der Waals surface area contributed by atoms with E-state index in [4.69, 9.17) is 0 Å². The summed E-state index contributed by atoms with van der Waals surface area (Å²) in [5.41, 5.74) is 22.3. The fraction of sp³-hybridized carbons (Fsp3) is 0.134. The fourth-order valence-electron chi connectivity index (χ4n) is 12.5. The summed E-state index contributed by atoms with van der Waals surface area (Å²) in [7, 11) is 0. The van der Waals surface area contributed by atoms with Gasteiger partial charge in [-0.15, -0.1) is 0 Å². The van der Waals surface area contributed by atoms with Gasteiger partial charge in [-0.05, 0) is 161 Å². The summed E-state index contributed by atoms with van der Waals surface area (Å²) in [6, 6.07) is 77.2. The van der Waals surface area contributed by atoms with Crippen LogP contribution in [0, 0.1) is 0 Å². The molecule has 0 radical (unpaired) electrons. The lowest BCUT2D eigenvalue weighted by Crippen LogP contribution is -2.32. The number of nitrogens with zero attached hydrogens (tertiary/aromatic N) is 2. The van der Waals surface area contributed by atoms with Crippen molar-refractivity contribution in [1.29, 1.82) is 0 Å². The average molecular weight is 887 g/mol. The zero-order valence-corrected chi connectivity index (χ0v) is 38.9. The minimum Gasteiger partial charge on any atom is -0.314 e. The van der Waals surface area contributed by atoms with E-state index in [0.717, 1.165) is 25.7 Å². The van der Waals surface area contributed by atoms with Gasteiger partial charge in [-0.3, -0.25) is 0 Å². The zero-order valence-electron chi connectivity index (χ0n) is 38.9. The van der Waals surface area contributed by atoms with Crippen molar-refractivity contribution in [2.75, 3.05) is 4.90 Å². The molecule has 13 rings (SSSR count). The van der Waals surface area contributed by atoms with E-state index in [0.29, 0.717) is 5.92 Å². The highest BCUT2D eigenvalue weighted by Crippen LogP contribution is 2.60. The van der Waals surface area contributed by atoms with E-state index in [1.165, 1.54) is 108 Å². The van der Waals surface area contributed by atoms with Crippen LogP contribution in [0.3, 0.4) is 0 Å². The minimum absolute atomic E-state index is 0.322. The number of anilines is 2. The second kappa shape index (κ2) is 17.3. The molecule has 4 aliphatic rings. The van der Waals surface area contributed by atoms with Crippen molar-refractivity contribution in [3.63, 3.8) is 0 Å². The Balaban J connectivity index is 0.925. The predicted octanol–water partition coefficient (Wildman–Crippen LogP) is 17.7. The van der Waals surface area contributed by atoms with Gasteiger partial charge in [0.15, 0.2) is 0 Å². The number of rotatable bonds is 9. The first-order valence-corrected chi connectivity index (χ1v) is 25.0. The van der Waals surface area contributed by atoms with Crippen LogP contribution in [0.4, 0.5) is 11.4 Å². The molecule has 332 valence electrons. The number of para-hydroxylation sites is 3. The highest BCUT2D eigenvalue weighted by Gasteiger charge is 2.49. The van der Waals surface area contributed by atoms with Crippen LogP contribution >= 0.6 is 0 Å².